The lowest BCUT2D eigenvalue weighted by Gasteiger charge is -2.42. The van der Waals surface area contributed by atoms with Crippen molar-refractivity contribution in [1.29, 1.82) is 0 Å². The lowest BCUT2D eigenvalue weighted by atomic mass is 9.87. The Kier molecular flexibility index (Phi) is 7.97. The fourth-order valence-corrected chi connectivity index (χ4v) is 4.85. The van der Waals surface area contributed by atoms with Gasteiger partial charge in [-0.1, -0.05) is 18.5 Å². The van der Waals surface area contributed by atoms with E-state index >= 15 is 0 Å². The molecule has 0 saturated carbocycles. The van der Waals surface area contributed by atoms with Crippen molar-refractivity contribution in [3.8, 4) is 5.75 Å². The van der Waals surface area contributed by atoms with Gasteiger partial charge in [0.25, 0.3) is 0 Å². The summed E-state index contributed by atoms with van der Waals surface area (Å²) < 4.78 is 10.8. The molecule has 0 aliphatic carbocycles. The van der Waals surface area contributed by atoms with Gasteiger partial charge in [-0.05, 0) is 78.9 Å². The van der Waals surface area contributed by atoms with Crippen LogP contribution in [-0.2, 0) is 4.74 Å². The Morgan fingerprint density at radius 2 is 1.56 bits per heavy atom. The minimum atomic E-state index is -1.12. The van der Waals surface area contributed by atoms with Gasteiger partial charge in [-0.3, -0.25) is 9.78 Å². The van der Waals surface area contributed by atoms with Crippen LogP contribution in [0.5, 0.6) is 5.75 Å². The Labute approximate surface area is 243 Å². The number of benzene rings is 3. The third kappa shape index (κ3) is 6.19. The third-order valence-electron chi connectivity index (χ3n) is 7.15. The second-order valence-electron chi connectivity index (χ2n) is 10.4. The van der Waals surface area contributed by atoms with E-state index in [1.807, 2.05) is 53.2 Å². The number of hydrogen-bond acceptors (Lipinski definition) is 7. The van der Waals surface area contributed by atoms with Gasteiger partial charge < -0.3 is 24.4 Å². The molecule has 0 bridgehead atoms. The monoisotopic (exact) mass is 571 g/mol. The first-order valence-electron chi connectivity index (χ1n) is 13.0. The highest BCUT2D eigenvalue weighted by Gasteiger charge is 2.36. The Bertz CT molecular complexity index is 1550. The van der Waals surface area contributed by atoms with Crippen LogP contribution < -0.4 is 14.5 Å². The Morgan fingerprint density at radius 3 is 2.12 bits per heavy atom. The predicted molar refractivity (Wildman–Crippen MR) is 160 cm³/mol. The van der Waals surface area contributed by atoms with Crippen molar-refractivity contribution in [2.24, 2.45) is 5.41 Å². The van der Waals surface area contributed by atoms with Crippen molar-refractivity contribution < 1.29 is 24.2 Å². The number of anilines is 4. The molecule has 1 aliphatic heterocycles. The fraction of sp³-hybridized carbons (Fsp3) is 0.219. The molecule has 0 radical (unpaired) electrons. The van der Waals surface area contributed by atoms with Crippen LogP contribution in [0.15, 0.2) is 85.1 Å². The molecular weight excluding hydrogens is 542 g/mol. The number of hydrogen-bond donors (Lipinski definition) is 1. The lowest BCUT2D eigenvalue weighted by Crippen LogP contribution is -2.47. The number of methoxy groups -OCH3 is 1. The summed E-state index contributed by atoms with van der Waals surface area (Å²) in [5.74, 6) is -0.789. The van der Waals surface area contributed by atoms with Crippen LogP contribution in [0.2, 0.25) is 5.02 Å². The van der Waals surface area contributed by atoms with Gasteiger partial charge in [0, 0.05) is 46.7 Å². The van der Waals surface area contributed by atoms with Crippen molar-refractivity contribution in [2.75, 3.05) is 43.7 Å². The smallest absolute Gasteiger partial charge is 0.335 e. The van der Waals surface area contributed by atoms with Crippen LogP contribution in [-0.4, -0.2) is 55.8 Å². The van der Waals surface area contributed by atoms with Gasteiger partial charge in [-0.25, -0.2) is 4.79 Å². The van der Waals surface area contributed by atoms with Crippen molar-refractivity contribution in [3.63, 3.8) is 0 Å². The van der Waals surface area contributed by atoms with Crippen LogP contribution >= 0.6 is 11.6 Å². The quantitative estimate of drug-likeness (QED) is 0.212. The number of nitrogens with zero attached hydrogens (tertiary/aromatic N) is 3. The maximum absolute atomic E-state index is 13.6. The molecule has 3 aromatic carbocycles. The van der Waals surface area contributed by atoms with Gasteiger partial charge in [0.2, 0.25) is 5.78 Å². The van der Waals surface area contributed by atoms with E-state index in [4.69, 9.17) is 21.1 Å². The number of ketones is 1. The average molecular weight is 572 g/mol. The summed E-state index contributed by atoms with van der Waals surface area (Å²) in [7, 11) is 3.50. The van der Waals surface area contributed by atoms with E-state index in [-0.39, 0.29) is 28.0 Å². The molecule has 0 atom stereocenters. The van der Waals surface area contributed by atoms with Crippen LogP contribution in [0, 0.1) is 5.41 Å². The zero-order valence-corrected chi connectivity index (χ0v) is 23.8. The maximum atomic E-state index is 13.6. The first kappa shape index (κ1) is 28.1. The number of pyridine rings is 1. The third-order valence-corrected chi connectivity index (χ3v) is 7.40. The Morgan fingerprint density at radius 1 is 0.927 bits per heavy atom. The molecule has 41 heavy (non-hydrogen) atoms. The highest BCUT2D eigenvalue weighted by molar-refractivity contribution is 6.30. The number of halogens is 1. The van der Waals surface area contributed by atoms with Crippen LogP contribution in [0.1, 0.15) is 33.3 Å². The highest BCUT2D eigenvalue weighted by Crippen LogP contribution is 2.36. The van der Waals surface area contributed by atoms with E-state index in [1.165, 1.54) is 6.07 Å². The summed E-state index contributed by atoms with van der Waals surface area (Å²) in [5, 5.41) is 10.6. The summed E-state index contributed by atoms with van der Waals surface area (Å²) in [6.07, 6.45) is 1.62. The SMILES string of the molecule is COc1ccc(N(CC2(C)COC2)c2cc(C(=O)O)cc(C(=O)c3ccc(N(C)c4ccc(Cl)cc4)cn3)c2)cc1. The number of carboxylic acids is 1. The van der Waals surface area contributed by atoms with E-state index < -0.39 is 5.97 Å². The summed E-state index contributed by atoms with van der Waals surface area (Å²) in [4.78, 5) is 34.1. The molecule has 210 valence electrons. The second kappa shape index (κ2) is 11.6. The first-order chi connectivity index (χ1) is 19.7. The zero-order valence-electron chi connectivity index (χ0n) is 23.0. The van der Waals surface area contributed by atoms with Crippen molar-refractivity contribution >= 4 is 46.1 Å². The van der Waals surface area contributed by atoms with E-state index in [2.05, 4.69) is 11.9 Å². The normalized spacial score (nSPS) is 13.7. The molecule has 4 aromatic rings. The molecule has 0 unspecified atom stereocenters. The summed E-state index contributed by atoms with van der Waals surface area (Å²) >= 11 is 6.01. The molecule has 9 heteroatoms. The summed E-state index contributed by atoms with van der Waals surface area (Å²) in [6.45, 7) is 3.86. The van der Waals surface area contributed by atoms with Gasteiger partial charge >= 0.3 is 5.97 Å². The van der Waals surface area contributed by atoms with E-state index in [0.29, 0.717) is 36.2 Å². The number of carbonyl (C=O) groups excluding carboxylic acids is 1. The molecule has 1 N–H and O–H groups in total. The first-order valence-corrected chi connectivity index (χ1v) is 13.4. The Hall–Kier alpha value is -4.40. The summed E-state index contributed by atoms with van der Waals surface area (Å²) in [6, 6.07) is 23.1. The van der Waals surface area contributed by atoms with Crippen LogP contribution in [0.4, 0.5) is 22.7 Å². The Balaban J connectivity index is 1.48. The summed E-state index contributed by atoms with van der Waals surface area (Å²) in [5.41, 5.74) is 3.46. The molecular formula is C32H30ClN3O5. The molecule has 1 aliphatic rings. The van der Waals surface area contributed by atoms with Gasteiger partial charge in [0.15, 0.2) is 0 Å². The minimum Gasteiger partial charge on any atom is -0.497 e. The molecule has 0 spiro atoms. The van der Waals surface area contributed by atoms with E-state index in [1.54, 1.807) is 49.7 Å². The number of carboxylic acid groups (broad SMARTS) is 1. The lowest BCUT2D eigenvalue weighted by molar-refractivity contribution is -0.0946. The van der Waals surface area contributed by atoms with Crippen molar-refractivity contribution in [3.05, 3.63) is 107 Å². The minimum absolute atomic E-state index is 0.0125. The topological polar surface area (TPSA) is 92.2 Å². The number of aromatic carboxylic acids is 1. The van der Waals surface area contributed by atoms with E-state index in [0.717, 1.165) is 17.1 Å². The molecule has 5 rings (SSSR count). The molecule has 2 heterocycles. The zero-order chi connectivity index (χ0) is 29.1. The van der Waals surface area contributed by atoms with Gasteiger partial charge in [-0.2, -0.15) is 0 Å². The number of rotatable bonds is 10. The van der Waals surface area contributed by atoms with Crippen LogP contribution in [0.25, 0.3) is 0 Å². The maximum Gasteiger partial charge on any atom is 0.335 e. The van der Waals surface area contributed by atoms with Gasteiger partial charge in [-0.15, -0.1) is 0 Å². The molecule has 0 amide bonds. The van der Waals surface area contributed by atoms with Crippen molar-refractivity contribution in [1.82, 2.24) is 4.98 Å². The fourth-order valence-electron chi connectivity index (χ4n) is 4.72. The molecule has 1 saturated heterocycles. The highest BCUT2D eigenvalue weighted by atomic mass is 35.5. The molecule has 1 aromatic heterocycles. The number of aromatic nitrogens is 1. The average Bonchev–Trinajstić information content (AvgIpc) is 2.98. The molecule has 1 fully saturated rings. The predicted octanol–water partition coefficient (Wildman–Crippen LogP) is 6.62. The second-order valence-corrected chi connectivity index (χ2v) is 10.9. The molecule has 8 nitrogen and oxygen atoms in total. The number of carbonyl (C=O) groups is 2. The van der Waals surface area contributed by atoms with Gasteiger partial charge in [0.1, 0.15) is 11.4 Å². The van der Waals surface area contributed by atoms with Gasteiger partial charge in [0.05, 0.1) is 37.8 Å². The largest absolute Gasteiger partial charge is 0.497 e. The van der Waals surface area contributed by atoms with E-state index in [9.17, 15) is 14.7 Å². The van der Waals surface area contributed by atoms with Crippen LogP contribution in [0.3, 0.4) is 0 Å². The standard InChI is InChI=1S/C32H30ClN3O5/c1-32(19-41-20-32)18-36(25-8-11-28(40-3)12-9-25)27-15-21(14-22(16-27)31(38)39)30(37)29-13-10-26(17-34-29)35(2)24-6-4-23(33)5-7-24/h4-17H,18-20H2,1-3H3,(H,38,39). The number of ether oxygens (including phenoxy) is 2. The van der Waals surface area contributed by atoms with Crippen molar-refractivity contribution in [2.45, 2.75) is 6.92 Å².